The van der Waals surface area contributed by atoms with Crippen molar-refractivity contribution in [3.8, 4) is 11.5 Å². The standard InChI is InChI=1S/C17H23NO3/c1-10(2)5-12-9-18-4-3-11-6-16(20)17(21)7-13(11)14(18)8-15(12)19/h6-7,10,12,14,20-21H,3-5,8-9H2,1-2H3/t12-,14+/m0/s1. The summed E-state index contributed by atoms with van der Waals surface area (Å²) in [6.45, 7) is 6.06. The van der Waals surface area contributed by atoms with Gasteiger partial charge < -0.3 is 10.2 Å². The highest BCUT2D eigenvalue weighted by molar-refractivity contribution is 5.83. The fraction of sp³-hybridized carbons (Fsp3) is 0.588. The first-order valence-electron chi connectivity index (χ1n) is 7.77. The highest BCUT2D eigenvalue weighted by atomic mass is 16.3. The average molecular weight is 289 g/mol. The Bertz CT molecular complexity index is 567. The number of benzene rings is 1. The molecule has 4 nitrogen and oxygen atoms in total. The smallest absolute Gasteiger partial charge is 0.157 e. The van der Waals surface area contributed by atoms with Gasteiger partial charge in [0.25, 0.3) is 0 Å². The molecule has 0 bridgehead atoms. The molecule has 0 unspecified atom stereocenters. The minimum Gasteiger partial charge on any atom is -0.504 e. The van der Waals surface area contributed by atoms with Crippen molar-refractivity contribution in [3.05, 3.63) is 23.3 Å². The monoisotopic (exact) mass is 289 g/mol. The summed E-state index contributed by atoms with van der Waals surface area (Å²) in [5.41, 5.74) is 2.06. The first-order valence-corrected chi connectivity index (χ1v) is 7.77. The number of carbonyl (C=O) groups excluding carboxylic acids is 1. The maximum Gasteiger partial charge on any atom is 0.157 e. The summed E-state index contributed by atoms with van der Waals surface area (Å²) in [5.74, 6) is 0.863. The third-order valence-electron chi connectivity index (χ3n) is 4.77. The van der Waals surface area contributed by atoms with Crippen LogP contribution in [0.4, 0.5) is 0 Å². The highest BCUT2D eigenvalue weighted by Gasteiger charge is 2.38. The number of piperidine rings is 1. The normalized spacial score (nSPS) is 25.8. The SMILES string of the molecule is CC(C)C[C@H]1CN2CCc3cc(O)c(O)cc3[C@H]2CC1=O. The van der Waals surface area contributed by atoms with Crippen molar-refractivity contribution in [3.63, 3.8) is 0 Å². The molecule has 1 saturated heterocycles. The van der Waals surface area contributed by atoms with Gasteiger partial charge in [0.15, 0.2) is 11.5 Å². The summed E-state index contributed by atoms with van der Waals surface area (Å²) >= 11 is 0. The van der Waals surface area contributed by atoms with Crippen molar-refractivity contribution >= 4 is 5.78 Å². The van der Waals surface area contributed by atoms with Crippen LogP contribution in [0.1, 0.15) is 43.9 Å². The third-order valence-corrected chi connectivity index (χ3v) is 4.77. The van der Waals surface area contributed by atoms with Gasteiger partial charge in [-0.15, -0.1) is 0 Å². The summed E-state index contributed by atoms with van der Waals surface area (Å²) in [6.07, 6.45) is 2.34. The van der Waals surface area contributed by atoms with Gasteiger partial charge >= 0.3 is 0 Å². The molecule has 0 aliphatic carbocycles. The van der Waals surface area contributed by atoms with Crippen LogP contribution < -0.4 is 0 Å². The lowest BCUT2D eigenvalue weighted by atomic mass is 9.80. The Balaban J connectivity index is 1.87. The van der Waals surface area contributed by atoms with E-state index in [1.54, 1.807) is 12.1 Å². The molecule has 1 aromatic carbocycles. The van der Waals surface area contributed by atoms with E-state index >= 15 is 0 Å². The Morgan fingerprint density at radius 3 is 2.71 bits per heavy atom. The van der Waals surface area contributed by atoms with Gasteiger partial charge in [-0.05, 0) is 42.0 Å². The Labute approximate surface area is 125 Å². The number of hydrogen-bond acceptors (Lipinski definition) is 4. The van der Waals surface area contributed by atoms with E-state index in [-0.39, 0.29) is 23.5 Å². The van der Waals surface area contributed by atoms with Gasteiger partial charge in [-0.2, -0.15) is 0 Å². The molecule has 1 fully saturated rings. The predicted molar refractivity (Wildman–Crippen MR) is 80.4 cm³/mol. The fourth-order valence-corrected chi connectivity index (χ4v) is 3.75. The van der Waals surface area contributed by atoms with Gasteiger partial charge in [0.1, 0.15) is 5.78 Å². The van der Waals surface area contributed by atoms with Crippen LogP contribution in [0.5, 0.6) is 11.5 Å². The van der Waals surface area contributed by atoms with Crippen molar-refractivity contribution in [2.24, 2.45) is 11.8 Å². The van der Waals surface area contributed by atoms with Crippen LogP contribution in [0.2, 0.25) is 0 Å². The van der Waals surface area contributed by atoms with Crippen LogP contribution in [0.15, 0.2) is 12.1 Å². The molecule has 21 heavy (non-hydrogen) atoms. The molecule has 1 aromatic rings. The van der Waals surface area contributed by atoms with E-state index in [1.165, 1.54) is 0 Å². The molecule has 0 radical (unpaired) electrons. The van der Waals surface area contributed by atoms with Gasteiger partial charge in [-0.1, -0.05) is 13.8 Å². The fourth-order valence-electron chi connectivity index (χ4n) is 3.75. The topological polar surface area (TPSA) is 60.8 Å². The molecule has 4 heteroatoms. The lowest BCUT2D eigenvalue weighted by molar-refractivity contribution is -0.129. The summed E-state index contributed by atoms with van der Waals surface area (Å²) in [4.78, 5) is 14.8. The Kier molecular flexibility index (Phi) is 3.66. The van der Waals surface area contributed by atoms with E-state index in [4.69, 9.17) is 0 Å². The molecular formula is C17H23NO3. The van der Waals surface area contributed by atoms with Crippen LogP contribution >= 0.6 is 0 Å². The van der Waals surface area contributed by atoms with Crippen LogP contribution in [-0.2, 0) is 11.2 Å². The average Bonchev–Trinajstić information content (AvgIpc) is 2.41. The number of fused-ring (bicyclic) bond motifs is 3. The van der Waals surface area contributed by atoms with Crippen LogP contribution in [-0.4, -0.2) is 34.0 Å². The Hall–Kier alpha value is -1.55. The van der Waals surface area contributed by atoms with Crippen LogP contribution in [0.25, 0.3) is 0 Å². The van der Waals surface area contributed by atoms with Crippen molar-refractivity contribution in [1.29, 1.82) is 0 Å². The van der Waals surface area contributed by atoms with E-state index < -0.39 is 0 Å². The number of phenols is 2. The van der Waals surface area contributed by atoms with E-state index in [0.717, 1.165) is 37.1 Å². The first kappa shape index (κ1) is 14.4. The molecule has 0 saturated carbocycles. The zero-order valence-corrected chi connectivity index (χ0v) is 12.7. The molecule has 2 aliphatic heterocycles. The number of ketones is 1. The number of rotatable bonds is 2. The van der Waals surface area contributed by atoms with E-state index in [9.17, 15) is 15.0 Å². The zero-order chi connectivity index (χ0) is 15.1. The molecule has 0 aromatic heterocycles. The minimum atomic E-state index is -0.0904. The van der Waals surface area contributed by atoms with Crippen molar-refractivity contribution in [2.75, 3.05) is 13.1 Å². The Morgan fingerprint density at radius 1 is 1.29 bits per heavy atom. The first-order chi connectivity index (χ1) is 9.95. The molecule has 2 N–H and O–H groups in total. The van der Waals surface area contributed by atoms with Gasteiger partial charge in [-0.3, -0.25) is 9.69 Å². The van der Waals surface area contributed by atoms with Crippen molar-refractivity contribution in [2.45, 2.75) is 39.2 Å². The summed E-state index contributed by atoms with van der Waals surface area (Å²) < 4.78 is 0. The van der Waals surface area contributed by atoms with Crippen molar-refractivity contribution in [1.82, 2.24) is 4.90 Å². The number of nitrogens with zero attached hydrogens (tertiary/aromatic N) is 1. The summed E-state index contributed by atoms with van der Waals surface area (Å²) in [7, 11) is 0. The third kappa shape index (κ3) is 2.64. The number of carbonyl (C=O) groups is 1. The number of Topliss-reactive ketones (excluding diaryl/α,β-unsaturated/α-hetero) is 1. The lowest BCUT2D eigenvalue weighted by Gasteiger charge is -2.43. The molecule has 2 atom stereocenters. The van der Waals surface area contributed by atoms with E-state index in [0.29, 0.717) is 18.1 Å². The quantitative estimate of drug-likeness (QED) is 0.822. The second-order valence-electron chi connectivity index (χ2n) is 6.80. The van der Waals surface area contributed by atoms with Crippen molar-refractivity contribution < 1.29 is 15.0 Å². The number of hydrogen-bond donors (Lipinski definition) is 2. The second kappa shape index (κ2) is 5.34. The summed E-state index contributed by atoms with van der Waals surface area (Å²) in [6, 6.07) is 3.35. The maximum atomic E-state index is 12.4. The molecule has 3 rings (SSSR count). The molecule has 114 valence electrons. The minimum absolute atomic E-state index is 0.0659. The predicted octanol–water partition coefficient (Wildman–Crippen LogP) is 2.63. The van der Waals surface area contributed by atoms with Crippen LogP contribution in [0.3, 0.4) is 0 Å². The maximum absolute atomic E-state index is 12.4. The van der Waals surface area contributed by atoms with Gasteiger partial charge in [0.2, 0.25) is 0 Å². The molecule has 2 heterocycles. The zero-order valence-electron chi connectivity index (χ0n) is 12.7. The lowest BCUT2D eigenvalue weighted by Crippen LogP contribution is -2.46. The van der Waals surface area contributed by atoms with Gasteiger partial charge in [0.05, 0.1) is 0 Å². The highest BCUT2D eigenvalue weighted by Crippen LogP contribution is 2.41. The summed E-state index contributed by atoms with van der Waals surface area (Å²) in [5, 5.41) is 19.4. The molecule has 2 aliphatic rings. The van der Waals surface area contributed by atoms with Crippen LogP contribution in [0, 0.1) is 11.8 Å². The van der Waals surface area contributed by atoms with Gasteiger partial charge in [0, 0.05) is 31.5 Å². The number of phenolic OH excluding ortho intramolecular Hbond substituents is 2. The largest absolute Gasteiger partial charge is 0.504 e. The number of aromatic hydroxyl groups is 2. The molecule has 0 spiro atoms. The second-order valence-corrected chi connectivity index (χ2v) is 6.80. The van der Waals surface area contributed by atoms with E-state index in [1.807, 2.05) is 0 Å². The van der Waals surface area contributed by atoms with Gasteiger partial charge in [-0.25, -0.2) is 0 Å². The Morgan fingerprint density at radius 2 is 2.00 bits per heavy atom. The van der Waals surface area contributed by atoms with E-state index in [2.05, 4.69) is 18.7 Å². The molecular weight excluding hydrogens is 266 g/mol. The molecule has 0 amide bonds.